The van der Waals surface area contributed by atoms with Crippen LogP contribution in [0, 0.1) is 5.82 Å². The van der Waals surface area contributed by atoms with E-state index in [0.29, 0.717) is 24.1 Å². The molecule has 2 heterocycles. The highest BCUT2D eigenvalue weighted by atomic mass is 19.1. The summed E-state index contributed by atoms with van der Waals surface area (Å²) in [4.78, 5) is 19.1. The summed E-state index contributed by atoms with van der Waals surface area (Å²) in [6, 6.07) is 5.46. The third-order valence-corrected chi connectivity index (χ3v) is 4.93. The van der Waals surface area contributed by atoms with Gasteiger partial charge in [-0.1, -0.05) is 18.0 Å². The first-order chi connectivity index (χ1) is 12.7. The number of likely N-dealkylation sites (tertiary alicyclic amines) is 1. The second kappa shape index (κ2) is 7.43. The number of carbonyl (C=O) groups excluding carboxylic acids is 1. The smallest absolute Gasteiger partial charge is 0.261 e. The number of rotatable bonds is 5. The molecule has 1 atom stereocenters. The predicted octanol–water partition coefficient (Wildman–Crippen LogP) is 3.61. The topological polar surface area (TPSA) is 68.5 Å². The Balaban J connectivity index is 1.45. The Kier molecular flexibility index (Phi) is 4.86. The Hall–Kier alpha value is -2.44. The van der Waals surface area contributed by atoms with E-state index in [1.165, 1.54) is 24.3 Å². The van der Waals surface area contributed by atoms with E-state index < -0.39 is 0 Å². The molecule has 26 heavy (non-hydrogen) atoms. The molecule has 1 aliphatic carbocycles. The Bertz CT molecular complexity index is 758. The maximum Gasteiger partial charge on any atom is 0.261 e. The fourth-order valence-electron chi connectivity index (χ4n) is 3.31. The predicted molar refractivity (Wildman–Crippen MR) is 91.1 cm³/mol. The van der Waals surface area contributed by atoms with Crippen LogP contribution < -0.4 is 4.74 Å². The van der Waals surface area contributed by atoms with Gasteiger partial charge in [-0.3, -0.25) is 4.79 Å². The molecule has 0 bridgehead atoms. The average Bonchev–Trinajstić information content (AvgIpc) is 3.44. The lowest BCUT2D eigenvalue weighted by Crippen LogP contribution is -2.38. The molecule has 1 aliphatic heterocycles. The zero-order valence-electron chi connectivity index (χ0n) is 14.6. The van der Waals surface area contributed by atoms with Gasteiger partial charge in [-0.05, 0) is 49.9 Å². The fourth-order valence-corrected chi connectivity index (χ4v) is 3.31. The lowest BCUT2D eigenvalue weighted by molar-refractivity contribution is -0.136. The van der Waals surface area contributed by atoms with Crippen LogP contribution in [0.25, 0.3) is 0 Å². The van der Waals surface area contributed by atoms with Crippen molar-refractivity contribution in [2.45, 2.75) is 50.5 Å². The van der Waals surface area contributed by atoms with Gasteiger partial charge in [0, 0.05) is 12.5 Å². The number of hydrogen-bond donors (Lipinski definition) is 0. The largest absolute Gasteiger partial charge is 0.484 e. The number of hydrogen-bond acceptors (Lipinski definition) is 5. The number of ether oxygens (including phenoxy) is 1. The van der Waals surface area contributed by atoms with E-state index in [4.69, 9.17) is 9.26 Å². The Morgan fingerprint density at radius 2 is 2.00 bits per heavy atom. The molecule has 138 valence electrons. The first-order valence-electron chi connectivity index (χ1n) is 9.22. The highest BCUT2D eigenvalue weighted by molar-refractivity contribution is 5.78. The lowest BCUT2D eigenvalue weighted by atomic mass is 10.1. The van der Waals surface area contributed by atoms with Gasteiger partial charge < -0.3 is 14.2 Å². The molecule has 1 amide bonds. The molecular formula is C19H22FN3O3. The van der Waals surface area contributed by atoms with Crippen molar-refractivity contribution in [2.24, 2.45) is 0 Å². The quantitative estimate of drug-likeness (QED) is 0.816. The molecule has 2 fully saturated rings. The minimum absolute atomic E-state index is 0.0915. The first kappa shape index (κ1) is 17.0. The molecule has 7 heteroatoms. The van der Waals surface area contributed by atoms with Gasteiger partial charge in [-0.15, -0.1) is 0 Å². The van der Waals surface area contributed by atoms with Gasteiger partial charge in [0.2, 0.25) is 5.89 Å². The van der Waals surface area contributed by atoms with Crippen molar-refractivity contribution in [3.63, 3.8) is 0 Å². The molecule has 6 nitrogen and oxygen atoms in total. The van der Waals surface area contributed by atoms with E-state index in [1.807, 2.05) is 0 Å². The molecule has 1 saturated carbocycles. The van der Waals surface area contributed by atoms with E-state index in [-0.39, 0.29) is 24.4 Å². The van der Waals surface area contributed by atoms with Crippen LogP contribution in [0.2, 0.25) is 0 Å². The third-order valence-electron chi connectivity index (χ3n) is 4.93. The summed E-state index contributed by atoms with van der Waals surface area (Å²) in [5.41, 5.74) is 0. The normalized spacial score (nSPS) is 20.7. The second-order valence-corrected chi connectivity index (χ2v) is 6.96. The first-order valence-corrected chi connectivity index (χ1v) is 9.22. The highest BCUT2D eigenvalue weighted by Gasteiger charge is 2.34. The molecule has 2 aromatic rings. The minimum Gasteiger partial charge on any atom is -0.484 e. The van der Waals surface area contributed by atoms with Crippen LogP contribution in [0.15, 0.2) is 28.8 Å². The van der Waals surface area contributed by atoms with Crippen molar-refractivity contribution in [2.75, 3.05) is 13.2 Å². The second-order valence-electron chi connectivity index (χ2n) is 6.96. The summed E-state index contributed by atoms with van der Waals surface area (Å²) in [7, 11) is 0. The number of carbonyl (C=O) groups is 1. The molecule has 1 saturated heterocycles. The third kappa shape index (κ3) is 3.86. The molecule has 0 N–H and O–H groups in total. The zero-order valence-corrected chi connectivity index (χ0v) is 14.6. The Morgan fingerprint density at radius 3 is 2.77 bits per heavy atom. The molecule has 2 aliphatic rings. The van der Waals surface area contributed by atoms with Crippen LogP contribution in [0.4, 0.5) is 4.39 Å². The molecule has 0 spiro atoms. The monoisotopic (exact) mass is 359 g/mol. The van der Waals surface area contributed by atoms with Gasteiger partial charge in [0.15, 0.2) is 12.4 Å². The maximum atomic E-state index is 13.0. The summed E-state index contributed by atoms with van der Waals surface area (Å²) in [5, 5.41) is 4.09. The molecule has 1 unspecified atom stereocenters. The van der Waals surface area contributed by atoms with Crippen LogP contribution in [0.3, 0.4) is 0 Å². The average molecular weight is 359 g/mol. The summed E-state index contributed by atoms with van der Waals surface area (Å²) in [5.74, 6) is 1.74. The molecule has 4 rings (SSSR count). The van der Waals surface area contributed by atoms with Gasteiger partial charge >= 0.3 is 0 Å². The summed E-state index contributed by atoms with van der Waals surface area (Å²) in [6.45, 7) is 0.559. The molecular weight excluding hydrogens is 337 g/mol. The summed E-state index contributed by atoms with van der Waals surface area (Å²) < 4.78 is 24.0. The number of benzene rings is 1. The maximum absolute atomic E-state index is 13.0. The fraction of sp³-hybridized carbons (Fsp3) is 0.526. The molecule has 1 aromatic heterocycles. The van der Waals surface area contributed by atoms with E-state index >= 15 is 0 Å². The van der Waals surface area contributed by atoms with E-state index in [9.17, 15) is 9.18 Å². The van der Waals surface area contributed by atoms with Crippen molar-refractivity contribution in [1.82, 2.24) is 15.0 Å². The van der Waals surface area contributed by atoms with Crippen LogP contribution >= 0.6 is 0 Å². The van der Waals surface area contributed by atoms with Gasteiger partial charge in [0.1, 0.15) is 17.6 Å². The summed E-state index contributed by atoms with van der Waals surface area (Å²) in [6.07, 6.45) is 6.07. The lowest BCUT2D eigenvalue weighted by Gasteiger charge is -2.27. The van der Waals surface area contributed by atoms with Gasteiger partial charge in [0.05, 0.1) is 0 Å². The van der Waals surface area contributed by atoms with Crippen molar-refractivity contribution < 1.29 is 18.4 Å². The standard InChI is InChI=1S/C19H22FN3O3/c20-14-7-9-15(10-8-14)25-12-17(24)23-11-3-1-2-4-16(23)19-21-18(22-26-19)13-5-6-13/h7-10,13,16H,1-6,11-12H2. The van der Waals surface area contributed by atoms with Crippen molar-refractivity contribution in [3.05, 3.63) is 41.8 Å². The van der Waals surface area contributed by atoms with Crippen molar-refractivity contribution >= 4 is 5.91 Å². The van der Waals surface area contributed by atoms with Gasteiger partial charge in [0.25, 0.3) is 5.91 Å². The van der Waals surface area contributed by atoms with Crippen LogP contribution in [-0.4, -0.2) is 34.1 Å². The highest BCUT2D eigenvalue weighted by Crippen LogP contribution is 2.39. The number of nitrogens with zero attached hydrogens (tertiary/aromatic N) is 3. The molecule has 0 radical (unpaired) electrons. The number of halogens is 1. The summed E-state index contributed by atoms with van der Waals surface area (Å²) >= 11 is 0. The van der Waals surface area contributed by atoms with Crippen LogP contribution in [0.5, 0.6) is 5.75 Å². The number of aromatic nitrogens is 2. The van der Waals surface area contributed by atoms with Gasteiger partial charge in [-0.2, -0.15) is 4.98 Å². The van der Waals surface area contributed by atoms with E-state index in [1.54, 1.807) is 4.90 Å². The van der Waals surface area contributed by atoms with Gasteiger partial charge in [-0.25, -0.2) is 4.39 Å². The number of amides is 1. The van der Waals surface area contributed by atoms with Crippen LogP contribution in [-0.2, 0) is 4.79 Å². The Morgan fingerprint density at radius 1 is 1.19 bits per heavy atom. The minimum atomic E-state index is -0.334. The zero-order chi connectivity index (χ0) is 17.9. The van der Waals surface area contributed by atoms with E-state index in [0.717, 1.165) is 44.3 Å². The Labute approximate surface area is 151 Å². The van der Waals surface area contributed by atoms with Crippen LogP contribution in [0.1, 0.15) is 62.2 Å². The molecule has 1 aromatic carbocycles. The SMILES string of the molecule is O=C(COc1ccc(F)cc1)N1CCCCCC1c1nc(C2CC2)no1. The van der Waals surface area contributed by atoms with Crippen molar-refractivity contribution in [3.8, 4) is 5.75 Å². The van der Waals surface area contributed by atoms with E-state index in [2.05, 4.69) is 10.1 Å². The van der Waals surface area contributed by atoms with Crippen molar-refractivity contribution in [1.29, 1.82) is 0 Å².